The van der Waals surface area contributed by atoms with Gasteiger partial charge in [0, 0.05) is 36.7 Å². The van der Waals surface area contributed by atoms with Gasteiger partial charge in [0.2, 0.25) is 24.1 Å². The molecule has 4 aliphatic rings. The Bertz CT molecular complexity index is 1320. The number of nitrogens with zero attached hydrogens (tertiary/aromatic N) is 3. The Morgan fingerprint density at radius 3 is 2.65 bits per heavy atom. The van der Waals surface area contributed by atoms with Crippen molar-refractivity contribution in [1.29, 1.82) is 0 Å². The van der Waals surface area contributed by atoms with Crippen LogP contribution in [0.2, 0.25) is 0 Å². The van der Waals surface area contributed by atoms with Crippen molar-refractivity contribution >= 4 is 17.5 Å². The van der Waals surface area contributed by atoms with Crippen molar-refractivity contribution in [3.8, 4) is 11.5 Å². The summed E-state index contributed by atoms with van der Waals surface area (Å²) >= 11 is 0. The normalized spacial score (nSPS) is 27.1. The van der Waals surface area contributed by atoms with Crippen LogP contribution in [-0.4, -0.2) is 53.2 Å². The smallest absolute Gasteiger partial charge is 0.247 e. The number of hydrogen-bond acceptors (Lipinski definition) is 6. The Morgan fingerprint density at radius 1 is 1.05 bits per heavy atom. The zero-order valence-corrected chi connectivity index (χ0v) is 20.6. The summed E-state index contributed by atoms with van der Waals surface area (Å²) in [4.78, 5) is 28.3. The second kappa shape index (κ2) is 8.80. The number of rotatable bonds is 5. The minimum Gasteiger partial charge on any atom is -0.423 e. The SMILES string of the molecule is O=C(CC1CC2(CCN(C(=O)C3[C@H]4COC[C@@H]34)CC2)c2ccccc21)Nc1cccc(-c2nnco2)c1. The summed E-state index contributed by atoms with van der Waals surface area (Å²) in [7, 11) is 0. The first-order valence-corrected chi connectivity index (χ1v) is 13.2. The molecule has 2 amide bonds. The molecule has 37 heavy (non-hydrogen) atoms. The number of ether oxygens (including phenoxy) is 1. The maximum absolute atomic E-state index is 13.1. The number of likely N-dealkylation sites (tertiary alicyclic amines) is 1. The van der Waals surface area contributed by atoms with Gasteiger partial charge in [-0.25, -0.2) is 0 Å². The number of anilines is 1. The van der Waals surface area contributed by atoms with Crippen LogP contribution in [0, 0.1) is 17.8 Å². The second-order valence-corrected chi connectivity index (χ2v) is 11.1. The standard InChI is InChI=1S/C29H30N4O4/c34-25(31-20-5-3-4-18(12-20)27-32-30-17-37-27)13-19-14-29(24-7-2-1-6-21(19)24)8-10-33(11-9-29)28(35)26-22-15-36-16-23(22)26/h1-7,12,17,19,22-23,26H,8-11,13-16H2,(H,31,34)/t19?,22-,23+,26?. The van der Waals surface area contributed by atoms with Gasteiger partial charge in [-0.1, -0.05) is 30.3 Å². The molecule has 1 N–H and O–H groups in total. The van der Waals surface area contributed by atoms with E-state index in [0.29, 0.717) is 35.7 Å². The van der Waals surface area contributed by atoms with Crippen molar-refractivity contribution in [2.24, 2.45) is 17.8 Å². The third kappa shape index (κ3) is 3.94. The highest BCUT2D eigenvalue weighted by Gasteiger charge is 2.59. The number of benzene rings is 2. The van der Waals surface area contributed by atoms with Crippen LogP contribution >= 0.6 is 0 Å². The molecule has 2 unspecified atom stereocenters. The molecule has 2 aliphatic heterocycles. The lowest BCUT2D eigenvalue weighted by Gasteiger charge is -2.40. The van der Waals surface area contributed by atoms with Crippen molar-refractivity contribution in [2.75, 3.05) is 31.6 Å². The van der Waals surface area contributed by atoms with E-state index >= 15 is 0 Å². The molecule has 2 aliphatic carbocycles. The number of nitrogens with one attached hydrogen (secondary N) is 1. The van der Waals surface area contributed by atoms with Gasteiger partial charge < -0.3 is 19.4 Å². The highest BCUT2D eigenvalue weighted by molar-refractivity contribution is 5.92. The van der Waals surface area contributed by atoms with E-state index in [1.165, 1.54) is 17.5 Å². The van der Waals surface area contributed by atoms with Gasteiger partial charge >= 0.3 is 0 Å². The monoisotopic (exact) mass is 498 g/mol. The quantitative estimate of drug-likeness (QED) is 0.571. The molecule has 0 radical (unpaired) electrons. The predicted octanol–water partition coefficient (Wildman–Crippen LogP) is 4.01. The van der Waals surface area contributed by atoms with Gasteiger partial charge in [-0.15, -0.1) is 10.2 Å². The van der Waals surface area contributed by atoms with Gasteiger partial charge in [0.1, 0.15) is 0 Å². The summed E-state index contributed by atoms with van der Waals surface area (Å²) in [6, 6.07) is 16.1. The topological polar surface area (TPSA) is 97.6 Å². The van der Waals surface area contributed by atoms with Crippen LogP contribution in [0.3, 0.4) is 0 Å². The third-order valence-corrected chi connectivity index (χ3v) is 9.06. The largest absolute Gasteiger partial charge is 0.423 e. The Morgan fingerprint density at radius 2 is 1.86 bits per heavy atom. The average Bonchev–Trinajstić information content (AvgIpc) is 3.35. The van der Waals surface area contributed by atoms with Crippen molar-refractivity contribution in [1.82, 2.24) is 15.1 Å². The Kier molecular flexibility index (Phi) is 5.39. The van der Waals surface area contributed by atoms with Crippen LogP contribution < -0.4 is 5.32 Å². The first kappa shape index (κ1) is 22.7. The fraction of sp³-hybridized carbons (Fsp3) is 0.448. The fourth-order valence-corrected chi connectivity index (χ4v) is 7.12. The highest BCUT2D eigenvalue weighted by atomic mass is 16.5. The van der Waals surface area contributed by atoms with Crippen LogP contribution in [0.25, 0.3) is 11.5 Å². The molecule has 3 fully saturated rings. The van der Waals surface area contributed by atoms with Crippen LogP contribution in [0.4, 0.5) is 5.69 Å². The molecule has 1 aromatic heterocycles. The molecule has 8 heteroatoms. The predicted molar refractivity (Wildman–Crippen MR) is 136 cm³/mol. The molecular weight excluding hydrogens is 468 g/mol. The van der Waals surface area contributed by atoms with E-state index in [1.807, 2.05) is 24.3 Å². The van der Waals surface area contributed by atoms with Gasteiger partial charge in [0.15, 0.2) is 0 Å². The lowest BCUT2D eigenvalue weighted by Crippen LogP contribution is -2.45. The zero-order valence-electron chi connectivity index (χ0n) is 20.6. The molecule has 4 atom stereocenters. The number of carbonyl (C=O) groups excluding carboxylic acids is 2. The molecule has 1 saturated carbocycles. The highest BCUT2D eigenvalue weighted by Crippen LogP contribution is 2.55. The van der Waals surface area contributed by atoms with Crippen LogP contribution in [0.1, 0.15) is 42.7 Å². The van der Waals surface area contributed by atoms with Crippen LogP contribution in [-0.2, 0) is 19.7 Å². The molecule has 3 aromatic rings. The summed E-state index contributed by atoms with van der Waals surface area (Å²) in [6.07, 6.45) is 4.58. The minimum atomic E-state index is -0.00496. The Labute approximate surface area is 215 Å². The molecular formula is C29H30N4O4. The molecule has 2 aromatic carbocycles. The van der Waals surface area contributed by atoms with Crippen molar-refractivity contribution in [2.45, 2.75) is 37.0 Å². The molecule has 2 saturated heterocycles. The first-order chi connectivity index (χ1) is 18.1. The zero-order chi connectivity index (χ0) is 25.0. The number of hydrogen-bond donors (Lipinski definition) is 1. The maximum atomic E-state index is 13.1. The lowest BCUT2D eigenvalue weighted by atomic mass is 9.73. The summed E-state index contributed by atoms with van der Waals surface area (Å²) in [5.74, 6) is 2.00. The van der Waals surface area contributed by atoms with Gasteiger partial charge in [-0.2, -0.15) is 0 Å². The summed E-state index contributed by atoms with van der Waals surface area (Å²) < 4.78 is 10.8. The molecule has 8 nitrogen and oxygen atoms in total. The molecule has 1 spiro atoms. The van der Waals surface area contributed by atoms with Crippen molar-refractivity contribution < 1.29 is 18.7 Å². The van der Waals surface area contributed by atoms with Crippen molar-refractivity contribution in [3.63, 3.8) is 0 Å². The van der Waals surface area contributed by atoms with Crippen molar-refractivity contribution in [3.05, 3.63) is 66.1 Å². The van der Waals surface area contributed by atoms with E-state index in [9.17, 15) is 9.59 Å². The third-order valence-electron chi connectivity index (χ3n) is 9.06. The Balaban J connectivity index is 1.02. The van der Waals surface area contributed by atoms with E-state index in [2.05, 4.69) is 44.7 Å². The number of amides is 2. The Hall–Kier alpha value is -3.52. The van der Waals surface area contributed by atoms with Gasteiger partial charge in [-0.05, 0) is 71.8 Å². The summed E-state index contributed by atoms with van der Waals surface area (Å²) in [5.41, 5.74) is 4.17. The van der Waals surface area contributed by atoms with E-state index in [4.69, 9.17) is 9.15 Å². The molecule has 0 bridgehead atoms. The number of aromatic nitrogens is 2. The molecule has 190 valence electrons. The number of fused-ring (bicyclic) bond motifs is 3. The number of carbonyl (C=O) groups is 2. The van der Waals surface area contributed by atoms with Gasteiger partial charge in [0.25, 0.3) is 0 Å². The van der Waals surface area contributed by atoms with E-state index in [0.717, 1.165) is 51.1 Å². The van der Waals surface area contributed by atoms with Gasteiger partial charge in [-0.3, -0.25) is 9.59 Å². The first-order valence-electron chi connectivity index (χ1n) is 13.2. The maximum Gasteiger partial charge on any atom is 0.247 e. The minimum absolute atomic E-state index is 0.00496. The van der Waals surface area contributed by atoms with Crippen LogP contribution in [0.5, 0.6) is 0 Å². The second-order valence-electron chi connectivity index (χ2n) is 11.1. The summed E-state index contributed by atoms with van der Waals surface area (Å²) in [5, 5.41) is 10.7. The number of piperidine rings is 1. The van der Waals surface area contributed by atoms with Gasteiger partial charge in [0.05, 0.1) is 13.2 Å². The summed E-state index contributed by atoms with van der Waals surface area (Å²) in [6.45, 7) is 3.09. The van der Waals surface area contributed by atoms with E-state index < -0.39 is 0 Å². The molecule has 3 heterocycles. The van der Waals surface area contributed by atoms with E-state index in [-0.39, 0.29) is 23.2 Å². The van der Waals surface area contributed by atoms with Crippen LogP contribution in [0.15, 0.2) is 59.3 Å². The average molecular weight is 499 g/mol. The lowest BCUT2D eigenvalue weighted by molar-refractivity contribution is -0.135. The molecule has 7 rings (SSSR count). The van der Waals surface area contributed by atoms with E-state index in [1.54, 1.807) is 0 Å². The fourth-order valence-electron chi connectivity index (χ4n) is 7.12.